The molecule has 3 aromatic heterocycles. The van der Waals surface area contributed by atoms with Crippen LogP contribution in [0.3, 0.4) is 0 Å². The van der Waals surface area contributed by atoms with Crippen LogP contribution in [0.15, 0.2) is 81.1 Å². The van der Waals surface area contributed by atoms with Gasteiger partial charge in [0, 0.05) is 29.1 Å². The molecule has 0 atom stereocenters. The molecule has 0 unspecified atom stereocenters. The molecule has 0 aliphatic rings. The molecule has 0 spiro atoms. The summed E-state index contributed by atoms with van der Waals surface area (Å²) in [6.45, 7) is 0. The Balaban J connectivity index is 1.65. The van der Waals surface area contributed by atoms with Gasteiger partial charge < -0.3 is 9.26 Å². The summed E-state index contributed by atoms with van der Waals surface area (Å²) < 4.78 is 66.6. The molecular formula is C24H15ClF2N4O5S. The standard InChI is InChI=1S/C24H15ClF2N4O5S/c1-35-24-20(12-18(25)23(28-24)14-8-15(26)11-16(27)9-14)31-19-4-3-17(10-13(19)2-5-22(31)32)37(33,34)30-21-6-7-36-29-21/h2-12H,1H3,(H,29,30). The maximum absolute atomic E-state index is 13.8. The summed E-state index contributed by atoms with van der Waals surface area (Å²) in [4.78, 5) is 17.2. The van der Waals surface area contributed by atoms with Crippen molar-refractivity contribution in [2.24, 2.45) is 0 Å². The van der Waals surface area contributed by atoms with Gasteiger partial charge in [0.05, 0.1) is 28.2 Å². The van der Waals surface area contributed by atoms with Crippen molar-refractivity contribution in [1.29, 1.82) is 0 Å². The first-order valence-electron chi connectivity index (χ1n) is 10.5. The first kappa shape index (κ1) is 24.4. The zero-order chi connectivity index (χ0) is 26.3. The van der Waals surface area contributed by atoms with E-state index in [9.17, 15) is 22.0 Å². The van der Waals surface area contributed by atoms with Crippen LogP contribution >= 0.6 is 11.6 Å². The Morgan fingerprint density at radius 1 is 1.03 bits per heavy atom. The average Bonchev–Trinajstić information content (AvgIpc) is 3.35. The summed E-state index contributed by atoms with van der Waals surface area (Å²) in [5.74, 6) is -1.67. The lowest BCUT2D eigenvalue weighted by molar-refractivity contribution is 0.396. The van der Waals surface area contributed by atoms with Gasteiger partial charge in [-0.05, 0) is 42.5 Å². The largest absolute Gasteiger partial charge is 0.479 e. The molecule has 5 aromatic rings. The zero-order valence-corrected chi connectivity index (χ0v) is 20.3. The molecule has 0 saturated heterocycles. The van der Waals surface area contributed by atoms with E-state index in [4.69, 9.17) is 16.3 Å². The number of rotatable bonds is 6. The number of sulfonamides is 1. The minimum atomic E-state index is -4.00. The van der Waals surface area contributed by atoms with Crippen molar-refractivity contribution in [3.05, 3.63) is 93.9 Å². The first-order valence-corrected chi connectivity index (χ1v) is 12.3. The number of aromatic nitrogens is 3. The minimum Gasteiger partial charge on any atom is -0.479 e. The van der Waals surface area contributed by atoms with Gasteiger partial charge >= 0.3 is 0 Å². The highest BCUT2D eigenvalue weighted by molar-refractivity contribution is 7.92. The highest BCUT2D eigenvalue weighted by Crippen LogP contribution is 2.34. The SMILES string of the molecule is COc1nc(-c2cc(F)cc(F)c2)c(Cl)cc1-n1c(=O)ccc2cc(S(=O)(=O)Nc3ccon3)ccc21. The molecule has 0 radical (unpaired) electrons. The van der Waals surface area contributed by atoms with Gasteiger partial charge in [0.25, 0.3) is 15.6 Å². The van der Waals surface area contributed by atoms with Crippen molar-refractivity contribution in [1.82, 2.24) is 14.7 Å². The number of hydrogen-bond donors (Lipinski definition) is 1. The van der Waals surface area contributed by atoms with E-state index < -0.39 is 27.2 Å². The van der Waals surface area contributed by atoms with Gasteiger partial charge in [-0.15, -0.1) is 0 Å². The highest BCUT2D eigenvalue weighted by Gasteiger charge is 2.20. The van der Waals surface area contributed by atoms with E-state index in [1.165, 1.54) is 60.4 Å². The number of halogens is 3. The third kappa shape index (κ3) is 4.63. The van der Waals surface area contributed by atoms with Crippen molar-refractivity contribution in [3.8, 4) is 22.8 Å². The molecule has 13 heteroatoms. The summed E-state index contributed by atoms with van der Waals surface area (Å²) in [7, 11) is -2.69. The molecule has 1 N–H and O–H groups in total. The van der Waals surface area contributed by atoms with Crippen molar-refractivity contribution < 1.29 is 26.5 Å². The number of pyridine rings is 2. The predicted molar refractivity (Wildman–Crippen MR) is 132 cm³/mol. The molecule has 0 fully saturated rings. The van der Waals surface area contributed by atoms with E-state index >= 15 is 0 Å². The number of methoxy groups -OCH3 is 1. The highest BCUT2D eigenvalue weighted by atomic mass is 35.5. The van der Waals surface area contributed by atoms with Crippen LogP contribution in [0, 0.1) is 11.6 Å². The second-order valence-electron chi connectivity index (χ2n) is 7.72. The van der Waals surface area contributed by atoms with Crippen molar-refractivity contribution in [3.63, 3.8) is 0 Å². The Labute approximate surface area is 212 Å². The van der Waals surface area contributed by atoms with Gasteiger partial charge in [-0.1, -0.05) is 16.8 Å². The third-order valence-corrected chi connectivity index (χ3v) is 6.99. The number of fused-ring (bicyclic) bond motifs is 1. The van der Waals surface area contributed by atoms with E-state index in [2.05, 4.69) is 19.4 Å². The van der Waals surface area contributed by atoms with E-state index in [0.717, 1.165) is 12.1 Å². The normalized spacial score (nSPS) is 11.6. The fourth-order valence-electron chi connectivity index (χ4n) is 3.77. The average molecular weight is 545 g/mol. The van der Waals surface area contributed by atoms with Gasteiger partial charge in [-0.2, -0.15) is 0 Å². The summed E-state index contributed by atoms with van der Waals surface area (Å²) in [5.41, 5.74) is 0.103. The maximum Gasteiger partial charge on any atom is 0.263 e. The van der Waals surface area contributed by atoms with Crippen LogP contribution in [0.1, 0.15) is 0 Å². The number of anilines is 1. The monoisotopic (exact) mass is 544 g/mol. The Morgan fingerprint density at radius 3 is 2.46 bits per heavy atom. The fraction of sp³-hybridized carbons (Fsp3) is 0.0417. The summed E-state index contributed by atoms with van der Waals surface area (Å²) >= 11 is 6.42. The lowest BCUT2D eigenvalue weighted by Gasteiger charge is -2.16. The molecule has 0 bridgehead atoms. The Hall–Kier alpha value is -4.29. The minimum absolute atomic E-state index is 0.000660. The van der Waals surface area contributed by atoms with Crippen LogP contribution in [0.5, 0.6) is 5.88 Å². The van der Waals surface area contributed by atoms with Gasteiger partial charge in [-0.3, -0.25) is 14.1 Å². The topological polar surface area (TPSA) is 116 Å². The van der Waals surface area contributed by atoms with Crippen molar-refractivity contribution >= 4 is 38.3 Å². The van der Waals surface area contributed by atoms with Gasteiger partial charge in [-0.25, -0.2) is 22.2 Å². The summed E-state index contributed by atoms with van der Waals surface area (Å²) in [6, 6.07) is 12.4. The molecule has 2 aromatic carbocycles. The molecule has 5 rings (SSSR count). The van der Waals surface area contributed by atoms with Crippen LogP contribution < -0.4 is 15.0 Å². The zero-order valence-electron chi connectivity index (χ0n) is 18.8. The Kier molecular flexibility index (Phi) is 6.13. The molecular weight excluding hydrogens is 530 g/mol. The number of nitrogens with one attached hydrogen (secondary N) is 1. The summed E-state index contributed by atoms with van der Waals surface area (Å²) in [5, 5.41) is 3.94. The predicted octanol–water partition coefficient (Wildman–Crippen LogP) is 4.78. The third-order valence-electron chi connectivity index (χ3n) is 5.35. The maximum atomic E-state index is 13.8. The smallest absolute Gasteiger partial charge is 0.263 e. The van der Waals surface area contributed by atoms with Crippen LogP contribution in [0.2, 0.25) is 5.02 Å². The first-order chi connectivity index (χ1) is 17.7. The van der Waals surface area contributed by atoms with E-state index in [0.29, 0.717) is 17.0 Å². The van der Waals surface area contributed by atoms with E-state index in [1.807, 2.05) is 0 Å². The lowest BCUT2D eigenvalue weighted by Crippen LogP contribution is -2.19. The van der Waals surface area contributed by atoms with Crippen LogP contribution in [-0.2, 0) is 10.0 Å². The lowest BCUT2D eigenvalue weighted by atomic mass is 10.1. The van der Waals surface area contributed by atoms with Crippen LogP contribution in [0.4, 0.5) is 14.6 Å². The molecule has 188 valence electrons. The Bertz CT molecular complexity index is 1810. The van der Waals surface area contributed by atoms with Crippen molar-refractivity contribution in [2.75, 3.05) is 11.8 Å². The number of benzene rings is 2. The van der Waals surface area contributed by atoms with Gasteiger partial charge in [0.1, 0.15) is 23.6 Å². The van der Waals surface area contributed by atoms with E-state index in [1.54, 1.807) is 0 Å². The second-order valence-corrected chi connectivity index (χ2v) is 9.81. The molecule has 0 amide bonds. The van der Waals surface area contributed by atoms with Crippen molar-refractivity contribution in [2.45, 2.75) is 4.90 Å². The number of hydrogen-bond acceptors (Lipinski definition) is 7. The number of nitrogens with zero attached hydrogens (tertiary/aromatic N) is 3. The molecule has 0 aliphatic carbocycles. The van der Waals surface area contributed by atoms with Crippen LogP contribution in [0.25, 0.3) is 27.8 Å². The van der Waals surface area contributed by atoms with Crippen LogP contribution in [-0.4, -0.2) is 30.2 Å². The van der Waals surface area contributed by atoms with Gasteiger partial charge in [0.2, 0.25) is 5.88 Å². The summed E-state index contributed by atoms with van der Waals surface area (Å²) in [6.07, 6.45) is 1.22. The van der Waals surface area contributed by atoms with Gasteiger partial charge in [0.15, 0.2) is 5.82 Å². The molecule has 3 heterocycles. The molecule has 0 saturated carbocycles. The molecule has 0 aliphatic heterocycles. The molecule has 9 nitrogen and oxygen atoms in total. The quantitative estimate of drug-likeness (QED) is 0.327. The van der Waals surface area contributed by atoms with E-state index in [-0.39, 0.29) is 38.6 Å². The number of ether oxygens (including phenoxy) is 1. The Morgan fingerprint density at radius 2 is 1.78 bits per heavy atom. The molecule has 37 heavy (non-hydrogen) atoms. The second kappa shape index (κ2) is 9.30. The fourth-order valence-corrected chi connectivity index (χ4v) is 5.05.